The molecule has 0 amide bonds. The highest BCUT2D eigenvalue weighted by molar-refractivity contribution is 5.93. The smallest absolute Gasteiger partial charge is 0.120 e. The monoisotopic (exact) mass is 216 g/mol. The number of ether oxygens (including phenoxy) is 1. The van der Waals surface area contributed by atoms with E-state index in [0.29, 0.717) is 6.10 Å². The third kappa shape index (κ3) is 1.52. The molecule has 0 saturated heterocycles. The summed E-state index contributed by atoms with van der Waals surface area (Å²) in [6, 6.07) is 6.22. The zero-order chi connectivity index (χ0) is 11.0. The van der Waals surface area contributed by atoms with Crippen LogP contribution in [0.25, 0.3) is 10.9 Å². The highest BCUT2D eigenvalue weighted by atomic mass is 16.5. The molecule has 3 rings (SSSR count). The molecule has 1 aromatic carbocycles. The molecule has 2 N–H and O–H groups in total. The summed E-state index contributed by atoms with van der Waals surface area (Å²) in [4.78, 5) is 3.23. The van der Waals surface area contributed by atoms with E-state index in [0.717, 1.165) is 17.0 Å². The van der Waals surface area contributed by atoms with Crippen LogP contribution in [0.4, 0.5) is 5.69 Å². The number of fused-ring (bicyclic) bond motifs is 1. The Kier molecular flexibility index (Phi) is 2.24. The molecule has 3 heteroatoms. The molecule has 84 valence electrons. The summed E-state index contributed by atoms with van der Waals surface area (Å²) in [6.45, 7) is 0. The van der Waals surface area contributed by atoms with Gasteiger partial charge in [-0.15, -0.1) is 0 Å². The molecule has 1 aromatic heterocycles. The molecule has 2 aromatic rings. The molecule has 0 radical (unpaired) electrons. The quantitative estimate of drug-likeness (QED) is 0.827. The van der Waals surface area contributed by atoms with Gasteiger partial charge in [0, 0.05) is 24.1 Å². The number of hydrogen-bond donors (Lipinski definition) is 2. The Bertz CT molecular complexity index is 500. The number of aromatic amines is 1. The second-order valence-electron chi connectivity index (χ2n) is 4.33. The van der Waals surface area contributed by atoms with Crippen molar-refractivity contribution in [2.45, 2.75) is 25.4 Å². The largest absolute Gasteiger partial charge is 0.490 e. The first-order valence-corrected chi connectivity index (χ1v) is 5.82. The van der Waals surface area contributed by atoms with Crippen LogP contribution in [0.1, 0.15) is 19.3 Å². The third-order valence-corrected chi connectivity index (χ3v) is 3.28. The van der Waals surface area contributed by atoms with E-state index in [1.54, 1.807) is 0 Å². The van der Waals surface area contributed by atoms with Crippen LogP contribution >= 0.6 is 0 Å². The van der Waals surface area contributed by atoms with Gasteiger partial charge in [-0.1, -0.05) is 0 Å². The van der Waals surface area contributed by atoms with Gasteiger partial charge >= 0.3 is 0 Å². The summed E-state index contributed by atoms with van der Waals surface area (Å²) < 4.78 is 5.89. The molecular formula is C13H16N2O. The van der Waals surface area contributed by atoms with Gasteiger partial charge in [-0.25, -0.2) is 0 Å². The van der Waals surface area contributed by atoms with Crippen molar-refractivity contribution in [1.29, 1.82) is 0 Å². The van der Waals surface area contributed by atoms with Gasteiger partial charge < -0.3 is 15.0 Å². The van der Waals surface area contributed by atoms with E-state index in [9.17, 15) is 0 Å². The number of hydrogen-bond acceptors (Lipinski definition) is 2. The molecular weight excluding hydrogens is 200 g/mol. The van der Waals surface area contributed by atoms with Crippen molar-refractivity contribution in [3.8, 4) is 5.75 Å². The molecule has 0 unspecified atom stereocenters. The SMILES string of the molecule is CNc1c[nH]c2ccc(OC3CCC3)cc12. The van der Waals surface area contributed by atoms with Crippen molar-refractivity contribution in [2.24, 2.45) is 0 Å². The summed E-state index contributed by atoms with van der Waals surface area (Å²) in [7, 11) is 1.93. The average molecular weight is 216 g/mol. The highest BCUT2D eigenvalue weighted by Crippen LogP contribution is 2.30. The first-order chi connectivity index (χ1) is 7.86. The average Bonchev–Trinajstić information content (AvgIpc) is 2.65. The number of rotatable bonds is 3. The summed E-state index contributed by atoms with van der Waals surface area (Å²) in [6.07, 6.45) is 6.12. The first kappa shape index (κ1) is 9.58. The lowest BCUT2D eigenvalue weighted by Gasteiger charge is -2.26. The minimum atomic E-state index is 0.439. The van der Waals surface area contributed by atoms with Gasteiger partial charge in [0.15, 0.2) is 0 Å². The molecule has 0 atom stereocenters. The van der Waals surface area contributed by atoms with Gasteiger partial charge in [0.1, 0.15) is 5.75 Å². The van der Waals surface area contributed by atoms with Gasteiger partial charge in [-0.2, -0.15) is 0 Å². The van der Waals surface area contributed by atoms with Crippen LogP contribution in [-0.2, 0) is 0 Å². The summed E-state index contributed by atoms with van der Waals surface area (Å²) in [5.41, 5.74) is 2.26. The molecule has 0 bridgehead atoms. The van der Waals surface area contributed by atoms with Crippen LogP contribution in [0.3, 0.4) is 0 Å². The van der Waals surface area contributed by atoms with Crippen molar-refractivity contribution in [1.82, 2.24) is 4.98 Å². The van der Waals surface area contributed by atoms with Crippen LogP contribution < -0.4 is 10.1 Å². The molecule has 1 aliphatic rings. The Morgan fingerprint density at radius 2 is 2.25 bits per heavy atom. The third-order valence-electron chi connectivity index (χ3n) is 3.28. The van der Waals surface area contributed by atoms with E-state index in [4.69, 9.17) is 4.74 Å². The molecule has 0 spiro atoms. The second-order valence-corrected chi connectivity index (χ2v) is 4.33. The summed E-state index contributed by atoms with van der Waals surface area (Å²) in [5.74, 6) is 0.980. The number of aromatic nitrogens is 1. The minimum absolute atomic E-state index is 0.439. The fraction of sp³-hybridized carbons (Fsp3) is 0.385. The molecule has 1 fully saturated rings. The predicted molar refractivity (Wildman–Crippen MR) is 66.1 cm³/mol. The normalized spacial score (nSPS) is 16.1. The highest BCUT2D eigenvalue weighted by Gasteiger charge is 2.19. The van der Waals surface area contributed by atoms with E-state index >= 15 is 0 Å². The number of anilines is 1. The fourth-order valence-corrected chi connectivity index (χ4v) is 2.06. The Hall–Kier alpha value is -1.64. The minimum Gasteiger partial charge on any atom is -0.490 e. The standard InChI is InChI=1S/C13H16N2O/c1-14-13-8-15-12-6-5-10(7-11(12)13)16-9-3-2-4-9/h5-9,14-15H,2-4H2,1H3. The number of nitrogens with one attached hydrogen (secondary N) is 2. The van der Waals surface area contributed by atoms with Gasteiger partial charge in [-0.3, -0.25) is 0 Å². The molecule has 1 aliphatic carbocycles. The van der Waals surface area contributed by atoms with E-state index in [1.807, 2.05) is 19.3 Å². The van der Waals surface area contributed by atoms with Crippen LogP contribution in [-0.4, -0.2) is 18.1 Å². The van der Waals surface area contributed by atoms with E-state index in [-0.39, 0.29) is 0 Å². The van der Waals surface area contributed by atoms with Crippen molar-refractivity contribution >= 4 is 16.6 Å². The maximum atomic E-state index is 5.89. The Balaban J connectivity index is 1.93. The first-order valence-electron chi connectivity index (χ1n) is 5.82. The molecule has 1 heterocycles. The van der Waals surface area contributed by atoms with Crippen molar-refractivity contribution in [2.75, 3.05) is 12.4 Å². The van der Waals surface area contributed by atoms with Gasteiger partial charge in [-0.05, 0) is 37.5 Å². The lowest BCUT2D eigenvalue weighted by molar-refractivity contribution is 0.120. The zero-order valence-corrected chi connectivity index (χ0v) is 9.42. The van der Waals surface area contributed by atoms with Crippen molar-refractivity contribution in [3.05, 3.63) is 24.4 Å². The van der Waals surface area contributed by atoms with Gasteiger partial charge in [0.2, 0.25) is 0 Å². The number of H-pyrrole nitrogens is 1. The van der Waals surface area contributed by atoms with E-state index in [2.05, 4.69) is 22.4 Å². The predicted octanol–water partition coefficient (Wildman–Crippen LogP) is 3.14. The fourth-order valence-electron chi connectivity index (χ4n) is 2.06. The summed E-state index contributed by atoms with van der Waals surface area (Å²) in [5, 5.41) is 4.37. The second kappa shape index (κ2) is 3.74. The molecule has 1 saturated carbocycles. The molecule has 3 nitrogen and oxygen atoms in total. The Labute approximate surface area is 94.8 Å². The lowest BCUT2D eigenvalue weighted by atomic mass is 9.96. The molecule has 16 heavy (non-hydrogen) atoms. The zero-order valence-electron chi connectivity index (χ0n) is 9.42. The lowest BCUT2D eigenvalue weighted by Crippen LogP contribution is -2.24. The Morgan fingerprint density at radius 1 is 1.38 bits per heavy atom. The van der Waals surface area contributed by atoms with Crippen LogP contribution in [0, 0.1) is 0 Å². The van der Waals surface area contributed by atoms with Crippen LogP contribution in [0.2, 0.25) is 0 Å². The maximum Gasteiger partial charge on any atom is 0.120 e. The Morgan fingerprint density at radius 3 is 2.94 bits per heavy atom. The van der Waals surface area contributed by atoms with Gasteiger partial charge in [0.05, 0.1) is 11.8 Å². The van der Waals surface area contributed by atoms with Crippen LogP contribution in [0.5, 0.6) is 5.75 Å². The molecule has 0 aliphatic heterocycles. The maximum absolute atomic E-state index is 5.89. The van der Waals surface area contributed by atoms with Crippen molar-refractivity contribution in [3.63, 3.8) is 0 Å². The van der Waals surface area contributed by atoms with Crippen LogP contribution in [0.15, 0.2) is 24.4 Å². The van der Waals surface area contributed by atoms with E-state index < -0.39 is 0 Å². The van der Waals surface area contributed by atoms with E-state index in [1.165, 1.54) is 24.6 Å². The number of benzene rings is 1. The summed E-state index contributed by atoms with van der Waals surface area (Å²) >= 11 is 0. The van der Waals surface area contributed by atoms with Crippen molar-refractivity contribution < 1.29 is 4.74 Å². The van der Waals surface area contributed by atoms with Gasteiger partial charge in [0.25, 0.3) is 0 Å². The topological polar surface area (TPSA) is 37.0 Å².